The molecule has 0 spiro atoms. The van der Waals surface area contributed by atoms with Crippen molar-refractivity contribution in [3.05, 3.63) is 66.8 Å². The second-order valence-corrected chi connectivity index (χ2v) is 15.4. The Morgan fingerprint density at radius 3 is 1.08 bits per heavy atom. The highest BCUT2D eigenvalue weighted by atomic mass is 127. The lowest BCUT2D eigenvalue weighted by Crippen LogP contribution is -2.56. The van der Waals surface area contributed by atoms with Crippen LogP contribution >= 0.6 is 45.2 Å². The molecule has 0 saturated carbocycles. The van der Waals surface area contributed by atoms with Crippen LogP contribution in [0.5, 0.6) is 0 Å². The van der Waals surface area contributed by atoms with Gasteiger partial charge in [-0.2, -0.15) is 0 Å². The Bertz CT molecular complexity index is 1950. The molecule has 0 unspecified atom stereocenters. The van der Waals surface area contributed by atoms with Crippen molar-refractivity contribution in [3.63, 3.8) is 0 Å². The average molecular weight is 1080 g/mol. The van der Waals surface area contributed by atoms with Crippen molar-refractivity contribution in [3.8, 4) is 0 Å². The number of primary amides is 2. The number of nitrogens with one attached hydrogen (secondary N) is 8. The summed E-state index contributed by atoms with van der Waals surface area (Å²) in [5.74, 6) is -10.7. The van der Waals surface area contributed by atoms with Gasteiger partial charge in [0.15, 0.2) is 0 Å². The van der Waals surface area contributed by atoms with Crippen LogP contribution < -0.4 is 59.7 Å². The maximum atomic E-state index is 12.9. The predicted octanol–water partition coefficient (Wildman–Crippen LogP) is -5.12. The number of carbonyl (C=O) groups excluding carboxylic acids is 10. The van der Waals surface area contributed by atoms with Gasteiger partial charge in [-0.3, -0.25) is 52.7 Å². The monoisotopic (exact) mass is 1080 g/mol. The van der Waals surface area contributed by atoms with E-state index in [1.807, 2.05) is 0 Å². The molecular weight excluding hydrogens is 1030 g/mol. The fourth-order valence-electron chi connectivity index (χ4n) is 5.10. The maximum absolute atomic E-state index is 12.9. The van der Waals surface area contributed by atoms with Gasteiger partial charge in [0.2, 0.25) is 59.1 Å². The number of carboxylic acid groups (broad SMARTS) is 1. The molecule has 0 aliphatic heterocycles. The van der Waals surface area contributed by atoms with Crippen molar-refractivity contribution in [1.82, 2.24) is 42.5 Å². The minimum absolute atomic E-state index is 0.0413. The van der Waals surface area contributed by atoms with Crippen molar-refractivity contribution in [2.45, 2.75) is 49.9 Å². The molecule has 0 fully saturated rings. The van der Waals surface area contributed by atoms with Gasteiger partial charge < -0.3 is 64.8 Å². The van der Waals surface area contributed by atoms with Gasteiger partial charge in [0.1, 0.15) is 30.7 Å². The first-order valence-corrected chi connectivity index (χ1v) is 20.2. The molecule has 330 valence electrons. The number of hydrogen-bond donors (Lipinski definition) is 12. The first-order valence-electron chi connectivity index (χ1n) is 18.0. The minimum Gasteiger partial charge on any atom is -0.480 e. The lowest BCUT2D eigenvalue weighted by atomic mass is 10.1. The van der Waals surface area contributed by atoms with Crippen LogP contribution in [0.1, 0.15) is 24.0 Å². The summed E-state index contributed by atoms with van der Waals surface area (Å²) in [6.07, 6.45) is -1.49. The van der Waals surface area contributed by atoms with E-state index in [4.69, 9.17) is 22.3 Å². The van der Waals surface area contributed by atoms with Crippen molar-refractivity contribution in [1.29, 1.82) is 0 Å². The van der Waals surface area contributed by atoms with Crippen LogP contribution in [0.3, 0.4) is 0 Å². The number of rotatable bonds is 25. The molecule has 0 aromatic heterocycles. The molecule has 2 rings (SSSR count). The molecule has 25 heteroatoms. The Hall–Kier alpha value is -5.97. The highest BCUT2D eigenvalue weighted by Gasteiger charge is 2.28. The fourth-order valence-corrected chi connectivity index (χ4v) is 5.82. The minimum atomic E-state index is -1.66. The van der Waals surface area contributed by atoms with Gasteiger partial charge in [0, 0.05) is 20.0 Å². The zero-order valence-electron chi connectivity index (χ0n) is 32.2. The van der Waals surface area contributed by atoms with Gasteiger partial charge in [0.25, 0.3) is 0 Å². The number of amides is 10. The van der Waals surface area contributed by atoms with Crippen LogP contribution in [0.25, 0.3) is 0 Å². The van der Waals surface area contributed by atoms with Crippen molar-refractivity contribution >= 4 is 110 Å². The summed E-state index contributed by atoms with van der Waals surface area (Å²) in [7, 11) is 0. The van der Waals surface area contributed by atoms with Gasteiger partial charge >= 0.3 is 5.97 Å². The average Bonchev–Trinajstić information content (AvgIpc) is 3.20. The third kappa shape index (κ3) is 20.7. The van der Waals surface area contributed by atoms with Gasteiger partial charge in [-0.15, -0.1) is 0 Å². The van der Waals surface area contributed by atoms with Crippen molar-refractivity contribution < 1.29 is 57.8 Å². The molecule has 23 nitrogen and oxygen atoms in total. The van der Waals surface area contributed by atoms with E-state index in [-0.39, 0.29) is 12.8 Å². The van der Waals surface area contributed by atoms with E-state index in [9.17, 15) is 52.7 Å². The number of halogens is 2. The van der Waals surface area contributed by atoms with Crippen LogP contribution in [0, 0.1) is 7.14 Å². The highest BCUT2D eigenvalue weighted by Crippen LogP contribution is 2.10. The summed E-state index contributed by atoms with van der Waals surface area (Å²) >= 11 is 4.17. The quantitative estimate of drug-likeness (QED) is 0.0415. The third-order valence-electron chi connectivity index (χ3n) is 7.99. The van der Waals surface area contributed by atoms with Gasteiger partial charge in [-0.05, 0) is 80.6 Å². The molecule has 0 saturated heterocycles. The highest BCUT2D eigenvalue weighted by molar-refractivity contribution is 14.1. The number of carboxylic acids is 1. The molecule has 10 amide bonds. The molecule has 0 heterocycles. The van der Waals surface area contributed by atoms with Gasteiger partial charge in [-0.1, -0.05) is 24.3 Å². The first-order chi connectivity index (χ1) is 28.8. The summed E-state index contributed by atoms with van der Waals surface area (Å²) in [5.41, 5.74) is 17.2. The molecule has 0 aliphatic rings. The summed E-state index contributed by atoms with van der Waals surface area (Å²) in [6, 6.07) is 8.28. The predicted molar refractivity (Wildman–Crippen MR) is 230 cm³/mol. The standard InChI is InChI=1S/C36H45I2N11O12/c37-20-5-1-18(2-6-20)9-22(46-28(52)13-39)33(58)42-15-30(54)48-25(12-27(41)51)36(61)44-16-31(55)49-24(11-26(40)50)35(60)43-14-29(53)47-23(34(59)45-17-32(56)57)10-19-3-7-21(38)8-4-19/h1-8,22-25H,9-17,39H2,(H2,40,50)(H2,41,51)(H,42,58)(H,43,60)(H,44,61)(H,45,59)(H,46,52)(H,47,53)(H,48,54)(H,49,55)(H,56,57)/t22-,23-,24-,25-/m0/s1. The molecule has 0 bridgehead atoms. The van der Waals surface area contributed by atoms with E-state index >= 15 is 0 Å². The van der Waals surface area contributed by atoms with E-state index < -0.39 is 135 Å². The lowest BCUT2D eigenvalue weighted by molar-refractivity contribution is -0.138. The van der Waals surface area contributed by atoms with E-state index in [0.717, 1.165) is 7.14 Å². The molecule has 0 radical (unpaired) electrons. The lowest BCUT2D eigenvalue weighted by Gasteiger charge is -2.21. The van der Waals surface area contributed by atoms with E-state index in [0.29, 0.717) is 11.1 Å². The Kier molecular flexibility index (Phi) is 22.0. The third-order valence-corrected chi connectivity index (χ3v) is 9.43. The molecule has 61 heavy (non-hydrogen) atoms. The normalized spacial score (nSPS) is 12.4. The first kappa shape index (κ1) is 51.2. The summed E-state index contributed by atoms with van der Waals surface area (Å²) in [5, 5.41) is 27.0. The SMILES string of the molecule is NCC(=O)N[C@@H](Cc1ccc(I)cc1)C(=O)NCC(=O)N[C@@H](CC(N)=O)C(=O)NCC(=O)N[C@@H](CC(N)=O)C(=O)NCC(=O)N[C@@H](Cc1ccc(I)cc1)C(=O)NCC(=O)O. The van der Waals surface area contributed by atoms with Crippen LogP contribution in [-0.4, -0.2) is 127 Å². The summed E-state index contributed by atoms with van der Waals surface area (Å²) in [4.78, 5) is 136. The Labute approximate surface area is 375 Å². The molecule has 0 aliphatic carbocycles. The largest absolute Gasteiger partial charge is 0.480 e. The zero-order valence-corrected chi connectivity index (χ0v) is 36.5. The molecular formula is C36H45I2N11O12. The van der Waals surface area contributed by atoms with Crippen LogP contribution in [-0.2, 0) is 65.6 Å². The summed E-state index contributed by atoms with van der Waals surface area (Å²) < 4.78 is 1.83. The Morgan fingerprint density at radius 1 is 0.475 bits per heavy atom. The second kappa shape index (κ2) is 26.3. The molecule has 2 aromatic carbocycles. The smallest absolute Gasteiger partial charge is 0.322 e. The van der Waals surface area contributed by atoms with Crippen molar-refractivity contribution in [2.24, 2.45) is 17.2 Å². The number of carbonyl (C=O) groups is 11. The Morgan fingerprint density at radius 2 is 0.770 bits per heavy atom. The molecule has 2 aromatic rings. The number of benzene rings is 2. The number of aliphatic carboxylic acids is 1. The second-order valence-electron chi connectivity index (χ2n) is 13.0. The maximum Gasteiger partial charge on any atom is 0.322 e. The van der Waals surface area contributed by atoms with E-state index in [1.165, 1.54) is 0 Å². The van der Waals surface area contributed by atoms with E-state index in [2.05, 4.69) is 87.7 Å². The van der Waals surface area contributed by atoms with E-state index in [1.54, 1.807) is 48.5 Å². The van der Waals surface area contributed by atoms with Gasteiger partial charge in [-0.25, -0.2) is 0 Å². The Balaban J connectivity index is 1.99. The van der Waals surface area contributed by atoms with Crippen LogP contribution in [0.15, 0.2) is 48.5 Å². The zero-order chi connectivity index (χ0) is 45.6. The van der Waals surface area contributed by atoms with Gasteiger partial charge in [0.05, 0.1) is 39.0 Å². The van der Waals surface area contributed by atoms with Crippen LogP contribution in [0.2, 0.25) is 0 Å². The van der Waals surface area contributed by atoms with Crippen molar-refractivity contribution in [2.75, 3.05) is 32.7 Å². The number of hydrogen-bond acceptors (Lipinski definition) is 12. The number of nitrogens with two attached hydrogens (primary N) is 3. The summed E-state index contributed by atoms with van der Waals surface area (Å²) in [6.45, 7) is -3.47. The van der Waals surface area contributed by atoms with Crippen LogP contribution in [0.4, 0.5) is 0 Å². The molecule has 15 N–H and O–H groups in total. The fraction of sp³-hybridized carbons (Fsp3) is 0.361. The topological polar surface area (TPSA) is 382 Å². The molecule has 4 atom stereocenters.